The zero-order valence-corrected chi connectivity index (χ0v) is 12.2. The van der Waals surface area contributed by atoms with Crippen molar-refractivity contribution < 1.29 is 9.66 Å². The smallest absolute Gasteiger partial charge is 0.301 e. The summed E-state index contributed by atoms with van der Waals surface area (Å²) in [5.41, 5.74) is 1.20. The van der Waals surface area contributed by atoms with Gasteiger partial charge in [-0.1, -0.05) is 13.3 Å². The highest BCUT2D eigenvalue weighted by atomic mass is 16.6. The Kier molecular flexibility index (Phi) is 5.05. The molecule has 2 rings (SSSR count). The lowest BCUT2D eigenvalue weighted by Gasteiger charge is -2.18. The first-order valence-electron chi connectivity index (χ1n) is 6.95. The molecule has 1 aromatic heterocycles. The van der Waals surface area contributed by atoms with Gasteiger partial charge in [-0.2, -0.15) is 0 Å². The number of aromatic nitrogens is 1. The molecule has 21 heavy (non-hydrogen) atoms. The number of rotatable bonds is 7. The SMILES string of the molecule is CCCC(COC)Nc1ccc2ncccc2c1[N+](=O)[O-]. The molecule has 0 spiro atoms. The van der Waals surface area contributed by atoms with Crippen LogP contribution >= 0.6 is 0 Å². The molecular formula is C15H19N3O3. The van der Waals surface area contributed by atoms with Crippen LogP contribution in [0.2, 0.25) is 0 Å². The number of anilines is 1. The lowest BCUT2D eigenvalue weighted by Crippen LogP contribution is -2.25. The van der Waals surface area contributed by atoms with Gasteiger partial charge in [0, 0.05) is 19.3 Å². The van der Waals surface area contributed by atoms with Gasteiger partial charge in [-0.25, -0.2) is 0 Å². The third kappa shape index (κ3) is 3.46. The summed E-state index contributed by atoms with van der Waals surface area (Å²) >= 11 is 0. The average Bonchev–Trinajstić information content (AvgIpc) is 2.47. The minimum Gasteiger partial charge on any atom is -0.383 e. The molecule has 1 unspecified atom stereocenters. The molecule has 0 aliphatic carbocycles. The Balaban J connectivity index is 2.42. The van der Waals surface area contributed by atoms with Crippen molar-refractivity contribution in [3.8, 4) is 0 Å². The lowest BCUT2D eigenvalue weighted by molar-refractivity contribution is -0.382. The van der Waals surface area contributed by atoms with Crippen LogP contribution in [0.1, 0.15) is 19.8 Å². The van der Waals surface area contributed by atoms with Crippen molar-refractivity contribution in [2.24, 2.45) is 0 Å². The highest BCUT2D eigenvalue weighted by Crippen LogP contribution is 2.33. The number of hydrogen-bond donors (Lipinski definition) is 1. The van der Waals surface area contributed by atoms with Crippen molar-refractivity contribution in [2.45, 2.75) is 25.8 Å². The molecule has 0 radical (unpaired) electrons. The number of benzene rings is 1. The summed E-state index contributed by atoms with van der Waals surface area (Å²) in [5, 5.41) is 15.2. The van der Waals surface area contributed by atoms with Gasteiger partial charge in [0.2, 0.25) is 0 Å². The van der Waals surface area contributed by atoms with E-state index in [-0.39, 0.29) is 16.7 Å². The van der Waals surface area contributed by atoms with E-state index < -0.39 is 0 Å². The predicted molar refractivity (Wildman–Crippen MR) is 82.6 cm³/mol. The number of nitro benzene ring substituents is 1. The minimum atomic E-state index is -0.359. The molecule has 0 saturated heterocycles. The highest BCUT2D eigenvalue weighted by Gasteiger charge is 2.20. The van der Waals surface area contributed by atoms with Gasteiger partial charge in [-0.15, -0.1) is 0 Å². The zero-order valence-electron chi connectivity index (χ0n) is 12.2. The summed E-state index contributed by atoms with van der Waals surface area (Å²) < 4.78 is 5.17. The first-order valence-corrected chi connectivity index (χ1v) is 6.95. The molecule has 0 saturated carbocycles. The maximum atomic E-state index is 11.4. The highest BCUT2D eigenvalue weighted by molar-refractivity contribution is 5.94. The van der Waals surface area contributed by atoms with Gasteiger partial charge in [0.25, 0.3) is 0 Å². The molecule has 0 aliphatic heterocycles. The van der Waals surface area contributed by atoms with E-state index in [1.165, 1.54) is 0 Å². The Bertz CT molecular complexity index is 625. The van der Waals surface area contributed by atoms with Crippen molar-refractivity contribution in [3.05, 3.63) is 40.6 Å². The average molecular weight is 289 g/mol. The van der Waals surface area contributed by atoms with Crippen molar-refractivity contribution in [3.63, 3.8) is 0 Å². The zero-order chi connectivity index (χ0) is 15.2. The first-order chi connectivity index (χ1) is 10.2. The summed E-state index contributed by atoms with van der Waals surface area (Å²) in [5.74, 6) is 0. The van der Waals surface area contributed by atoms with Gasteiger partial charge < -0.3 is 10.1 Å². The van der Waals surface area contributed by atoms with Gasteiger partial charge in [0.1, 0.15) is 5.69 Å². The van der Waals surface area contributed by atoms with E-state index >= 15 is 0 Å². The largest absolute Gasteiger partial charge is 0.383 e. The summed E-state index contributed by atoms with van der Waals surface area (Å²) in [6.07, 6.45) is 3.49. The Morgan fingerprint density at radius 3 is 2.90 bits per heavy atom. The monoisotopic (exact) mass is 289 g/mol. The van der Waals surface area contributed by atoms with Gasteiger partial charge in [0.15, 0.2) is 0 Å². The van der Waals surface area contributed by atoms with Crippen molar-refractivity contribution in [2.75, 3.05) is 19.0 Å². The number of ether oxygens (including phenoxy) is 1. The topological polar surface area (TPSA) is 77.3 Å². The number of pyridine rings is 1. The van der Waals surface area contributed by atoms with E-state index in [2.05, 4.69) is 17.2 Å². The maximum Gasteiger partial charge on any atom is 0.301 e. The van der Waals surface area contributed by atoms with E-state index in [1.807, 2.05) is 0 Å². The third-order valence-electron chi connectivity index (χ3n) is 3.30. The Morgan fingerprint density at radius 1 is 1.43 bits per heavy atom. The van der Waals surface area contributed by atoms with Crippen LogP contribution in [-0.2, 0) is 4.74 Å². The van der Waals surface area contributed by atoms with E-state index in [0.717, 1.165) is 12.8 Å². The second kappa shape index (κ2) is 6.99. The Labute approximate surface area is 123 Å². The van der Waals surface area contributed by atoms with Gasteiger partial charge in [0.05, 0.1) is 22.4 Å². The molecule has 0 bridgehead atoms. The van der Waals surface area contributed by atoms with E-state index in [0.29, 0.717) is 23.2 Å². The standard InChI is InChI=1S/C15H19N3O3/c1-3-5-11(10-21-2)17-14-8-7-13-12(6-4-9-16-13)15(14)18(19)20/h4,6-9,11,17H,3,5,10H2,1-2H3. The second-order valence-corrected chi connectivity index (χ2v) is 4.87. The normalized spacial score (nSPS) is 12.3. The predicted octanol–water partition coefficient (Wildman–Crippen LogP) is 3.37. The first kappa shape index (κ1) is 15.2. The van der Waals surface area contributed by atoms with Gasteiger partial charge in [-0.05, 0) is 30.7 Å². The molecule has 6 heteroatoms. The molecule has 1 heterocycles. The van der Waals surface area contributed by atoms with Crippen LogP contribution in [0.15, 0.2) is 30.5 Å². The van der Waals surface area contributed by atoms with Crippen LogP contribution in [-0.4, -0.2) is 29.7 Å². The molecule has 1 N–H and O–H groups in total. The Morgan fingerprint density at radius 2 is 2.24 bits per heavy atom. The molecule has 112 valence electrons. The summed E-state index contributed by atoms with van der Waals surface area (Å²) in [7, 11) is 1.63. The number of nitrogens with one attached hydrogen (secondary N) is 1. The van der Waals surface area contributed by atoms with Crippen molar-refractivity contribution in [1.82, 2.24) is 4.98 Å². The molecule has 1 atom stereocenters. The van der Waals surface area contributed by atoms with Crippen LogP contribution in [0.5, 0.6) is 0 Å². The molecule has 0 amide bonds. The molecule has 0 fully saturated rings. The minimum absolute atomic E-state index is 0.0489. The van der Waals surface area contributed by atoms with E-state index in [9.17, 15) is 10.1 Å². The van der Waals surface area contributed by atoms with Crippen LogP contribution in [0, 0.1) is 10.1 Å². The van der Waals surface area contributed by atoms with E-state index in [1.54, 1.807) is 37.6 Å². The lowest BCUT2D eigenvalue weighted by atomic mass is 10.1. The third-order valence-corrected chi connectivity index (χ3v) is 3.30. The van der Waals surface area contributed by atoms with Crippen LogP contribution in [0.3, 0.4) is 0 Å². The number of fused-ring (bicyclic) bond motifs is 1. The Hall–Kier alpha value is -2.21. The van der Waals surface area contributed by atoms with Crippen LogP contribution in [0.4, 0.5) is 11.4 Å². The molecule has 6 nitrogen and oxygen atoms in total. The van der Waals surface area contributed by atoms with Gasteiger partial charge in [-0.3, -0.25) is 15.1 Å². The quantitative estimate of drug-likeness (QED) is 0.624. The summed E-state index contributed by atoms with van der Waals surface area (Å²) in [6, 6.07) is 6.98. The molecule has 1 aromatic carbocycles. The van der Waals surface area contributed by atoms with E-state index in [4.69, 9.17) is 4.74 Å². The molecule has 2 aromatic rings. The summed E-state index contributed by atoms with van der Waals surface area (Å²) in [6.45, 7) is 2.58. The van der Waals surface area contributed by atoms with Crippen LogP contribution in [0.25, 0.3) is 10.9 Å². The van der Waals surface area contributed by atoms with Crippen molar-refractivity contribution >= 4 is 22.3 Å². The van der Waals surface area contributed by atoms with Crippen molar-refractivity contribution in [1.29, 1.82) is 0 Å². The number of nitro groups is 1. The maximum absolute atomic E-state index is 11.4. The number of hydrogen-bond acceptors (Lipinski definition) is 5. The molecule has 0 aliphatic rings. The summed E-state index contributed by atoms with van der Waals surface area (Å²) in [4.78, 5) is 15.2. The van der Waals surface area contributed by atoms with Gasteiger partial charge >= 0.3 is 5.69 Å². The number of nitrogens with zero attached hydrogens (tertiary/aromatic N) is 2. The second-order valence-electron chi connectivity index (χ2n) is 4.87. The van der Waals surface area contributed by atoms with Crippen LogP contribution < -0.4 is 5.32 Å². The fourth-order valence-corrected chi connectivity index (χ4v) is 2.42. The fourth-order valence-electron chi connectivity index (χ4n) is 2.42. The number of methoxy groups -OCH3 is 1. The fraction of sp³-hybridized carbons (Fsp3) is 0.400. The molecular weight excluding hydrogens is 270 g/mol.